The molecule has 0 N–H and O–H groups in total. The van der Waals surface area contributed by atoms with Gasteiger partial charge in [0.05, 0.1) is 5.56 Å². The zero-order valence-electron chi connectivity index (χ0n) is 7.27. The standard InChI is InChI=1S/C9H9N3O/c1-2-12(7-13)9-4-3-8(5-10)6-11-9/h3-4,6-7H,2H2,1H3. The molecule has 1 heterocycles. The zero-order valence-corrected chi connectivity index (χ0v) is 7.27. The highest BCUT2D eigenvalue weighted by atomic mass is 16.1. The third-order valence-electron chi connectivity index (χ3n) is 1.64. The molecule has 0 aromatic carbocycles. The number of hydrogen-bond acceptors (Lipinski definition) is 3. The Morgan fingerprint density at radius 1 is 1.69 bits per heavy atom. The zero-order chi connectivity index (χ0) is 9.68. The van der Waals surface area contributed by atoms with Gasteiger partial charge in [-0.15, -0.1) is 0 Å². The van der Waals surface area contributed by atoms with E-state index in [1.807, 2.05) is 13.0 Å². The molecule has 0 atom stereocenters. The Bertz CT molecular complexity index is 326. The highest BCUT2D eigenvalue weighted by Crippen LogP contribution is 2.08. The number of hydrogen-bond donors (Lipinski definition) is 0. The quantitative estimate of drug-likeness (QED) is 0.642. The highest BCUT2D eigenvalue weighted by Gasteiger charge is 2.02. The molecule has 4 heteroatoms. The molecule has 0 aliphatic rings. The van der Waals surface area contributed by atoms with Crippen molar-refractivity contribution in [3.63, 3.8) is 0 Å². The maximum absolute atomic E-state index is 10.5. The van der Waals surface area contributed by atoms with Crippen LogP contribution in [0.1, 0.15) is 12.5 Å². The summed E-state index contributed by atoms with van der Waals surface area (Å²) < 4.78 is 0. The van der Waals surface area contributed by atoms with E-state index < -0.39 is 0 Å². The van der Waals surface area contributed by atoms with Crippen molar-refractivity contribution in [3.8, 4) is 6.07 Å². The second-order valence-electron chi connectivity index (χ2n) is 2.41. The Hall–Kier alpha value is -1.89. The molecule has 0 aliphatic heterocycles. The molecule has 1 rings (SSSR count). The third kappa shape index (κ3) is 2.03. The highest BCUT2D eigenvalue weighted by molar-refractivity contribution is 5.72. The van der Waals surface area contributed by atoms with Crippen molar-refractivity contribution in [3.05, 3.63) is 23.9 Å². The molecule has 1 aromatic heterocycles. The Morgan fingerprint density at radius 3 is 2.85 bits per heavy atom. The van der Waals surface area contributed by atoms with Gasteiger partial charge in [-0.1, -0.05) is 0 Å². The molecule has 66 valence electrons. The Morgan fingerprint density at radius 2 is 2.46 bits per heavy atom. The van der Waals surface area contributed by atoms with Crippen molar-refractivity contribution in [2.24, 2.45) is 0 Å². The van der Waals surface area contributed by atoms with Crippen LogP contribution in [-0.2, 0) is 4.79 Å². The lowest BCUT2D eigenvalue weighted by Crippen LogP contribution is -2.21. The third-order valence-corrected chi connectivity index (χ3v) is 1.64. The van der Waals surface area contributed by atoms with Crippen molar-refractivity contribution in [2.75, 3.05) is 11.4 Å². The Kier molecular flexibility index (Phi) is 2.98. The lowest BCUT2D eigenvalue weighted by molar-refractivity contribution is -0.107. The molecule has 0 aliphatic carbocycles. The van der Waals surface area contributed by atoms with Crippen LogP contribution in [0.5, 0.6) is 0 Å². The van der Waals surface area contributed by atoms with E-state index in [-0.39, 0.29) is 0 Å². The van der Waals surface area contributed by atoms with Crippen LogP contribution < -0.4 is 4.90 Å². The molecule has 0 saturated carbocycles. The number of nitrogens with zero attached hydrogens (tertiary/aromatic N) is 3. The molecular formula is C9H9N3O. The number of rotatable bonds is 3. The summed E-state index contributed by atoms with van der Waals surface area (Å²) in [4.78, 5) is 15.9. The van der Waals surface area contributed by atoms with Gasteiger partial charge in [0.25, 0.3) is 0 Å². The van der Waals surface area contributed by atoms with Crippen LogP contribution in [0.3, 0.4) is 0 Å². The van der Waals surface area contributed by atoms with Gasteiger partial charge >= 0.3 is 0 Å². The summed E-state index contributed by atoms with van der Waals surface area (Å²) in [6.07, 6.45) is 2.16. The van der Waals surface area contributed by atoms with Crippen molar-refractivity contribution >= 4 is 12.2 Å². The minimum Gasteiger partial charge on any atom is -0.300 e. The largest absolute Gasteiger partial charge is 0.300 e. The fraction of sp³-hybridized carbons (Fsp3) is 0.222. The van der Waals surface area contributed by atoms with Gasteiger partial charge in [0.1, 0.15) is 11.9 Å². The van der Waals surface area contributed by atoms with Crippen molar-refractivity contribution < 1.29 is 4.79 Å². The molecule has 1 aromatic rings. The molecule has 13 heavy (non-hydrogen) atoms. The number of anilines is 1. The minimum absolute atomic E-state index is 0.491. The predicted molar refractivity (Wildman–Crippen MR) is 48.0 cm³/mol. The average molecular weight is 175 g/mol. The van der Waals surface area contributed by atoms with E-state index in [2.05, 4.69) is 4.98 Å². The summed E-state index contributed by atoms with van der Waals surface area (Å²) in [6.45, 7) is 2.43. The van der Waals surface area contributed by atoms with E-state index in [9.17, 15) is 4.79 Å². The van der Waals surface area contributed by atoms with Gasteiger partial charge in [0.15, 0.2) is 0 Å². The minimum atomic E-state index is 0.491. The van der Waals surface area contributed by atoms with Crippen LogP contribution in [-0.4, -0.2) is 17.9 Å². The van der Waals surface area contributed by atoms with Gasteiger partial charge in [-0.25, -0.2) is 4.98 Å². The number of carbonyl (C=O) groups is 1. The van der Waals surface area contributed by atoms with Crippen LogP contribution in [0, 0.1) is 11.3 Å². The number of amides is 1. The van der Waals surface area contributed by atoms with Crippen molar-refractivity contribution in [1.82, 2.24) is 4.98 Å². The number of aromatic nitrogens is 1. The first-order valence-electron chi connectivity index (χ1n) is 3.90. The van der Waals surface area contributed by atoms with Gasteiger partial charge in [-0.2, -0.15) is 5.26 Å². The van der Waals surface area contributed by atoms with Crippen LogP contribution in [0.4, 0.5) is 5.82 Å². The van der Waals surface area contributed by atoms with E-state index in [0.29, 0.717) is 24.3 Å². The fourth-order valence-electron chi connectivity index (χ4n) is 0.913. The Balaban J connectivity index is 2.91. The molecule has 0 saturated heterocycles. The molecule has 0 radical (unpaired) electrons. The summed E-state index contributed by atoms with van der Waals surface area (Å²) >= 11 is 0. The van der Waals surface area contributed by atoms with Crippen molar-refractivity contribution in [1.29, 1.82) is 5.26 Å². The summed E-state index contributed by atoms with van der Waals surface area (Å²) in [5.41, 5.74) is 0.491. The van der Waals surface area contributed by atoms with Crippen LogP contribution in [0.2, 0.25) is 0 Å². The van der Waals surface area contributed by atoms with E-state index in [4.69, 9.17) is 5.26 Å². The number of carbonyl (C=O) groups excluding carboxylic acids is 1. The molecule has 0 bridgehead atoms. The predicted octanol–water partition coefficient (Wildman–Crippen LogP) is 0.936. The summed E-state index contributed by atoms with van der Waals surface area (Å²) in [5, 5.41) is 8.51. The lowest BCUT2D eigenvalue weighted by atomic mass is 10.3. The van der Waals surface area contributed by atoms with Crippen LogP contribution >= 0.6 is 0 Å². The van der Waals surface area contributed by atoms with E-state index in [1.165, 1.54) is 11.1 Å². The number of pyridine rings is 1. The van der Waals surface area contributed by atoms with Gasteiger partial charge in [0, 0.05) is 12.7 Å². The average Bonchev–Trinajstić information content (AvgIpc) is 2.21. The summed E-state index contributed by atoms with van der Waals surface area (Å²) in [6, 6.07) is 5.24. The van der Waals surface area contributed by atoms with Crippen LogP contribution in [0.15, 0.2) is 18.3 Å². The second-order valence-corrected chi connectivity index (χ2v) is 2.41. The topological polar surface area (TPSA) is 57.0 Å². The number of nitriles is 1. The van der Waals surface area contributed by atoms with E-state index in [1.54, 1.807) is 12.1 Å². The Labute approximate surface area is 76.4 Å². The fourth-order valence-corrected chi connectivity index (χ4v) is 0.913. The van der Waals surface area contributed by atoms with E-state index in [0.717, 1.165) is 0 Å². The molecule has 4 nitrogen and oxygen atoms in total. The molecule has 0 spiro atoms. The SMILES string of the molecule is CCN(C=O)c1ccc(C#N)cn1. The first-order valence-corrected chi connectivity index (χ1v) is 3.90. The molecule has 0 unspecified atom stereocenters. The van der Waals surface area contributed by atoms with Gasteiger partial charge in [-0.3, -0.25) is 9.69 Å². The molecule has 1 amide bonds. The van der Waals surface area contributed by atoms with Crippen LogP contribution in [0.25, 0.3) is 0 Å². The van der Waals surface area contributed by atoms with Gasteiger partial charge < -0.3 is 0 Å². The molecular weight excluding hydrogens is 166 g/mol. The maximum atomic E-state index is 10.5. The van der Waals surface area contributed by atoms with Gasteiger partial charge in [-0.05, 0) is 19.1 Å². The van der Waals surface area contributed by atoms with Gasteiger partial charge in [0.2, 0.25) is 6.41 Å². The summed E-state index contributed by atoms with van der Waals surface area (Å²) in [5.74, 6) is 0.566. The smallest absolute Gasteiger partial charge is 0.215 e. The summed E-state index contributed by atoms with van der Waals surface area (Å²) in [7, 11) is 0. The first-order chi connectivity index (χ1) is 6.31. The lowest BCUT2D eigenvalue weighted by Gasteiger charge is -2.12. The maximum Gasteiger partial charge on any atom is 0.215 e. The molecule has 0 fully saturated rings. The first kappa shape index (κ1) is 9.20. The second kappa shape index (κ2) is 4.21. The van der Waals surface area contributed by atoms with E-state index >= 15 is 0 Å². The monoisotopic (exact) mass is 175 g/mol. The normalized spacial score (nSPS) is 8.92. The van der Waals surface area contributed by atoms with Crippen molar-refractivity contribution in [2.45, 2.75) is 6.92 Å².